The van der Waals surface area contributed by atoms with Crippen LogP contribution in [0, 0.1) is 0 Å². The van der Waals surface area contributed by atoms with E-state index in [-0.39, 0.29) is 26.4 Å². The minimum Gasteiger partial charge on any atom is -0.367 e. The molecule has 9 heteroatoms. The van der Waals surface area contributed by atoms with Crippen molar-refractivity contribution in [1.29, 1.82) is 0 Å². The SMILES string of the molecule is CCOC(OCC)C(OCC)(OCC)O[Si](O)(O)O. The summed E-state index contributed by atoms with van der Waals surface area (Å²) < 4.78 is 25.9. The predicted molar refractivity (Wildman–Crippen MR) is 66.5 cm³/mol. The van der Waals surface area contributed by atoms with E-state index in [2.05, 4.69) is 0 Å². The van der Waals surface area contributed by atoms with E-state index < -0.39 is 21.3 Å². The van der Waals surface area contributed by atoms with Gasteiger partial charge in [-0.1, -0.05) is 0 Å². The van der Waals surface area contributed by atoms with Crippen molar-refractivity contribution in [3.05, 3.63) is 0 Å². The van der Waals surface area contributed by atoms with E-state index in [1.54, 1.807) is 27.7 Å². The fourth-order valence-corrected chi connectivity index (χ4v) is 2.03. The summed E-state index contributed by atoms with van der Waals surface area (Å²) >= 11 is 0. The van der Waals surface area contributed by atoms with E-state index >= 15 is 0 Å². The normalized spacial score (nSPS) is 13.3. The maximum atomic E-state index is 9.15. The van der Waals surface area contributed by atoms with Crippen molar-refractivity contribution < 1.29 is 37.8 Å². The molecule has 3 N–H and O–H groups in total. The first-order valence-electron chi connectivity index (χ1n) is 6.23. The molecule has 0 aliphatic heterocycles. The summed E-state index contributed by atoms with van der Waals surface area (Å²) in [6, 6.07) is 0. The Morgan fingerprint density at radius 1 is 0.842 bits per heavy atom. The largest absolute Gasteiger partial charge is 0.675 e. The van der Waals surface area contributed by atoms with Gasteiger partial charge in [-0.3, -0.25) is 4.43 Å². The van der Waals surface area contributed by atoms with E-state index in [4.69, 9.17) is 37.8 Å². The van der Waals surface area contributed by atoms with Gasteiger partial charge in [0.15, 0.2) is 0 Å². The summed E-state index contributed by atoms with van der Waals surface area (Å²) in [5.41, 5.74) is 0. The molecule has 0 aliphatic rings. The molecule has 0 radical (unpaired) electrons. The van der Waals surface area contributed by atoms with Gasteiger partial charge in [0.25, 0.3) is 0 Å². The zero-order valence-corrected chi connectivity index (χ0v) is 12.8. The van der Waals surface area contributed by atoms with Crippen LogP contribution < -0.4 is 0 Å². The maximum absolute atomic E-state index is 9.15. The van der Waals surface area contributed by atoms with Gasteiger partial charge in [0, 0.05) is 26.4 Å². The summed E-state index contributed by atoms with van der Waals surface area (Å²) in [5.74, 6) is -2.03. The fraction of sp³-hybridized carbons (Fsp3) is 1.00. The van der Waals surface area contributed by atoms with Gasteiger partial charge in [0.1, 0.15) is 0 Å². The van der Waals surface area contributed by atoms with E-state index in [1.807, 2.05) is 0 Å². The first kappa shape index (κ1) is 18.9. The molecule has 0 rings (SSSR count). The smallest absolute Gasteiger partial charge is 0.367 e. The Kier molecular flexibility index (Phi) is 8.90. The summed E-state index contributed by atoms with van der Waals surface area (Å²) in [5, 5.41) is 0. The second-order valence-corrected chi connectivity index (χ2v) is 4.74. The lowest BCUT2D eigenvalue weighted by Gasteiger charge is -2.38. The van der Waals surface area contributed by atoms with E-state index in [9.17, 15) is 0 Å². The van der Waals surface area contributed by atoms with Crippen LogP contribution in [-0.2, 0) is 23.4 Å². The van der Waals surface area contributed by atoms with Crippen molar-refractivity contribution >= 4 is 9.05 Å². The highest BCUT2D eigenvalue weighted by Gasteiger charge is 2.52. The molecule has 0 amide bonds. The first-order chi connectivity index (χ1) is 8.85. The molecular formula is C10H24O8Si. The third-order valence-electron chi connectivity index (χ3n) is 1.89. The zero-order valence-electron chi connectivity index (χ0n) is 11.8. The van der Waals surface area contributed by atoms with Crippen LogP contribution in [0.5, 0.6) is 0 Å². The van der Waals surface area contributed by atoms with Crippen molar-refractivity contribution in [2.24, 2.45) is 0 Å². The third-order valence-corrected chi connectivity index (χ3v) is 2.45. The number of hydrogen-bond donors (Lipinski definition) is 3. The van der Waals surface area contributed by atoms with E-state index in [0.29, 0.717) is 0 Å². The molecule has 0 aromatic rings. The Morgan fingerprint density at radius 2 is 1.26 bits per heavy atom. The number of hydrogen-bond acceptors (Lipinski definition) is 8. The van der Waals surface area contributed by atoms with Crippen molar-refractivity contribution in [2.45, 2.75) is 40.0 Å². The van der Waals surface area contributed by atoms with Gasteiger partial charge >= 0.3 is 15.0 Å². The van der Waals surface area contributed by atoms with Crippen LogP contribution in [0.1, 0.15) is 27.7 Å². The van der Waals surface area contributed by atoms with Crippen LogP contribution in [0.2, 0.25) is 0 Å². The molecule has 0 aromatic carbocycles. The van der Waals surface area contributed by atoms with Crippen molar-refractivity contribution in [2.75, 3.05) is 26.4 Å². The molecule has 0 aliphatic carbocycles. The molecule has 0 fully saturated rings. The van der Waals surface area contributed by atoms with Gasteiger partial charge < -0.3 is 33.3 Å². The minimum absolute atomic E-state index is 0.126. The summed E-state index contributed by atoms with van der Waals surface area (Å²) in [7, 11) is -4.90. The molecule has 8 nitrogen and oxygen atoms in total. The minimum atomic E-state index is -4.90. The van der Waals surface area contributed by atoms with E-state index in [0.717, 1.165) is 0 Å². The Hall–Kier alpha value is -0.103. The Labute approximate surface area is 114 Å². The second-order valence-electron chi connectivity index (χ2n) is 3.39. The third kappa shape index (κ3) is 6.74. The van der Waals surface area contributed by atoms with Crippen molar-refractivity contribution in [3.8, 4) is 0 Å². The van der Waals surface area contributed by atoms with Gasteiger partial charge in [-0.05, 0) is 27.7 Å². The highest BCUT2D eigenvalue weighted by molar-refractivity contribution is 6.48. The Morgan fingerprint density at radius 3 is 1.53 bits per heavy atom. The highest BCUT2D eigenvalue weighted by Crippen LogP contribution is 2.26. The summed E-state index contributed by atoms with van der Waals surface area (Å²) in [6.07, 6.45) is -1.17. The molecular weight excluding hydrogens is 276 g/mol. The van der Waals surface area contributed by atoms with Crippen LogP contribution in [0.15, 0.2) is 0 Å². The van der Waals surface area contributed by atoms with Crippen molar-refractivity contribution in [3.63, 3.8) is 0 Å². The van der Waals surface area contributed by atoms with Crippen molar-refractivity contribution in [1.82, 2.24) is 0 Å². The topological polar surface area (TPSA) is 107 Å². The van der Waals surface area contributed by atoms with Gasteiger partial charge in [-0.15, -0.1) is 0 Å². The maximum Gasteiger partial charge on any atom is 0.675 e. The Balaban J connectivity index is 5.23. The van der Waals surface area contributed by atoms with Crippen LogP contribution >= 0.6 is 0 Å². The fourth-order valence-electron chi connectivity index (χ4n) is 1.43. The van der Waals surface area contributed by atoms with E-state index in [1.165, 1.54) is 0 Å². The van der Waals surface area contributed by atoms with Gasteiger partial charge in [-0.25, -0.2) is 0 Å². The van der Waals surface area contributed by atoms with Crippen LogP contribution in [0.3, 0.4) is 0 Å². The second kappa shape index (κ2) is 8.95. The monoisotopic (exact) mass is 300 g/mol. The summed E-state index contributed by atoms with van der Waals surface area (Å²) in [6.45, 7) is 7.51. The molecule has 116 valence electrons. The molecule has 0 saturated carbocycles. The average molecular weight is 300 g/mol. The van der Waals surface area contributed by atoms with Gasteiger partial charge in [-0.2, -0.15) is 0 Å². The molecule has 0 spiro atoms. The highest BCUT2D eigenvalue weighted by atomic mass is 28.4. The van der Waals surface area contributed by atoms with Crippen LogP contribution in [-0.4, -0.2) is 62.1 Å². The standard InChI is InChI=1S/C10H24O8Si/c1-5-14-9(15-6-2)10(16-7-3,17-8-4)18-19(11,12)13/h9,11-13H,5-8H2,1-4H3. The molecule has 0 unspecified atom stereocenters. The molecule has 0 heterocycles. The number of ether oxygens (including phenoxy) is 4. The lowest BCUT2D eigenvalue weighted by atomic mass is 10.5. The molecule has 0 bridgehead atoms. The van der Waals surface area contributed by atoms with Gasteiger partial charge in [0.2, 0.25) is 6.29 Å². The predicted octanol–water partition coefficient (Wildman–Crippen LogP) is -0.459. The first-order valence-corrected chi connectivity index (χ1v) is 7.98. The molecule has 0 atom stereocenters. The van der Waals surface area contributed by atoms with Gasteiger partial charge in [0.05, 0.1) is 0 Å². The lowest BCUT2D eigenvalue weighted by molar-refractivity contribution is -0.440. The Bertz CT molecular complexity index is 220. The number of rotatable bonds is 11. The molecule has 0 saturated heterocycles. The quantitative estimate of drug-likeness (QED) is 0.348. The zero-order chi connectivity index (χ0) is 14.9. The summed E-state index contributed by atoms with van der Waals surface area (Å²) in [4.78, 5) is 27.4. The lowest BCUT2D eigenvalue weighted by Crippen LogP contribution is -2.59. The molecule has 0 aromatic heterocycles. The average Bonchev–Trinajstić information content (AvgIpc) is 2.27. The van der Waals surface area contributed by atoms with Crippen LogP contribution in [0.25, 0.3) is 0 Å². The molecule has 19 heavy (non-hydrogen) atoms. The van der Waals surface area contributed by atoms with Crippen LogP contribution in [0.4, 0.5) is 0 Å².